The molecule has 2 heterocycles. The van der Waals surface area contributed by atoms with E-state index >= 15 is 0 Å². The average Bonchev–Trinajstić information content (AvgIpc) is 3.22. The van der Waals surface area contributed by atoms with Crippen molar-refractivity contribution in [3.8, 4) is 12.1 Å². The third-order valence-corrected chi connectivity index (χ3v) is 5.31. The van der Waals surface area contributed by atoms with Crippen LogP contribution in [0.3, 0.4) is 0 Å². The van der Waals surface area contributed by atoms with Crippen molar-refractivity contribution >= 4 is 23.5 Å². The van der Waals surface area contributed by atoms with Gasteiger partial charge < -0.3 is 20.7 Å². The van der Waals surface area contributed by atoms with E-state index in [9.17, 15) is 19.2 Å². The average molecular weight is 453 g/mol. The lowest BCUT2D eigenvalue weighted by molar-refractivity contribution is 0.0604. The predicted molar refractivity (Wildman–Crippen MR) is 115 cm³/mol. The quantitative estimate of drug-likeness (QED) is 0.682. The van der Waals surface area contributed by atoms with Crippen molar-refractivity contribution in [3.05, 3.63) is 41.8 Å². The smallest absolute Gasteiger partial charge is 0.409 e. The molecule has 0 saturated carbocycles. The van der Waals surface area contributed by atoms with Gasteiger partial charge in [-0.05, 0) is 44.5 Å². The number of nitrogens with two attached hydrogens (primary N) is 1. The van der Waals surface area contributed by atoms with Crippen molar-refractivity contribution in [2.45, 2.75) is 26.3 Å². The van der Waals surface area contributed by atoms with E-state index < -0.39 is 35.2 Å². The summed E-state index contributed by atoms with van der Waals surface area (Å²) >= 11 is 0. The summed E-state index contributed by atoms with van der Waals surface area (Å²) in [4.78, 5) is 26.0. The van der Waals surface area contributed by atoms with E-state index in [2.05, 4.69) is 22.6 Å². The number of aromatic nitrogens is 2. The fourth-order valence-electron chi connectivity index (χ4n) is 3.39. The standard InChI is InChI=1S/C22H24FN7O3/c1-22(2,12-25)13-33-21(32)29-8-7-14(9-24)18(11-29)30-10-17(19(26)31)20(28-30)27-16-5-3-15(23)4-6-16/h3-6,10,14,18H,7-8,11,13H2,1-2H3,(H2,26,31)(H,27,28). The zero-order valence-corrected chi connectivity index (χ0v) is 18.3. The number of nitriles is 2. The minimum atomic E-state index is -0.820. The number of benzene rings is 1. The minimum Gasteiger partial charge on any atom is -0.448 e. The van der Waals surface area contributed by atoms with Crippen LogP contribution in [0.2, 0.25) is 0 Å². The fraction of sp³-hybridized carbons (Fsp3) is 0.409. The number of primary amides is 1. The zero-order valence-electron chi connectivity index (χ0n) is 18.3. The number of anilines is 2. The van der Waals surface area contributed by atoms with Crippen LogP contribution in [0.5, 0.6) is 0 Å². The van der Waals surface area contributed by atoms with E-state index in [1.165, 1.54) is 40.0 Å². The molecule has 10 nitrogen and oxygen atoms in total. The van der Waals surface area contributed by atoms with Crippen LogP contribution in [0, 0.1) is 39.8 Å². The summed E-state index contributed by atoms with van der Waals surface area (Å²) in [6.07, 6.45) is 1.22. The number of hydrogen-bond donors (Lipinski definition) is 2. The molecule has 2 aromatic rings. The second-order valence-electron chi connectivity index (χ2n) is 8.46. The SMILES string of the molecule is CC(C)(C#N)COC(=O)N1CCC(C#N)C(n2cc(C(N)=O)c(Nc3ccc(F)cc3)n2)C1. The molecule has 172 valence electrons. The summed E-state index contributed by atoms with van der Waals surface area (Å²) < 4.78 is 19.9. The number of ether oxygens (including phenoxy) is 1. The summed E-state index contributed by atoms with van der Waals surface area (Å²) in [6, 6.07) is 9.23. The Labute approximate surface area is 190 Å². The molecule has 0 radical (unpaired) electrons. The number of piperidine rings is 1. The number of carbonyl (C=O) groups excluding carboxylic acids is 2. The lowest BCUT2D eigenvalue weighted by atomic mass is 9.93. The molecule has 1 fully saturated rings. The van der Waals surface area contributed by atoms with Crippen LogP contribution in [-0.2, 0) is 4.74 Å². The highest BCUT2D eigenvalue weighted by atomic mass is 19.1. The maximum atomic E-state index is 13.2. The highest BCUT2D eigenvalue weighted by molar-refractivity contribution is 5.98. The molecule has 3 rings (SSSR count). The predicted octanol–water partition coefficient (Wildman–Crippen LogP) is 2.94. The van der Waals surface area contributed by atoms with Gasteiger partial charge in [0.25, 0.3) is 5.91 Å². The second kappa shape index (κ2) is 9.57. The number of carbonyl (C=O) groups is 2. The molecular formula is C22H24FN7O3. The molecule has 2 unspecified atom stereocenters. The Bertz CT molecular complexity index is 1110. The Kier molecular flexibility index (Phi) is 6.83. The van der Waals surface area contributed by atoms with Crippen molar-refractivity contribution in [1.29, 1.82) is 10.5 Å². The molecule has 1 aliphatic rings. The third kappa shape index (κ3) is 5.57. The maximum absolute atomic E-state index is 13.2. The van der Waals surface area contributed by atoms with Gasteiger partial charge in [-0.25, -0.2) is 9.18 Å². The molecule has 1 aromatic carbocycles. The molecule has 0 bridgehead atoms. The van der Waals surface area contributed by atoms with Crippen LogP contribution in [0.4, 0.5) is 20.7 Å². The van der Waals surface area contributed by atoms with E-state index in [1.54, 1.807) is 13.8 Å². The normalized spacial score (nSPS) is 18.2. The Morgan fingerprint density at radius 1 is 1.33 bits per heavy atom. The number of rotatable bonds is 6. The van der Waals surface area contributed by atoms with Crippen LogP contribution in [0.25, 0.3) is 0 Å². The fourth-order valence-corrected chi connectivity index (χ4v) is 3.39. The van der Waals surface area contributed by atoms with E-state index in [-0.39, 0.29) is 24.5 Å². The van der Waals surface area contributed by atoms with E-state index in [0.717, 1.165) is 0 Å². The maximum Gasteiger partial charge on any atom is 0.409 e. The van der Waals surface area contributed by atoms with Crippen molar-refractivity contribution < 1.29 is 18.7 Å². The van der Waals surface area contributed by atoms with Gasteiger partial charge in [0.15, 0.2) is 5.82 Å². The molecule has 2 atom stereocenters. The molecule has 1 aliphatic heterocycles. The lowest BCUT2D eigenvalue weighted by Crippen LogP contribution is -2.45. The van der Waals surface area contributed by atoms with Gasteiger partial charge in [0.1, 0.15) is 18.0 Å². The monoisotopic (exact) mass is 453 g/mol. The number of hydrogen-bond acceptors (Lipinski definition) is 7. The first kappa shape index (κ1) is 23.5. The van der Waals surface area contributed by atoms with Gasteiger partial charge in [-0.1, -0.05) is 0 Å². The molecule has 33 heavy (non-hydrogen) atoms. The van der Waals surface area contributed by atoms with Crippen LogP contribution in [-0.4, -0.2) is 46.4 Å². The molecule has 1 aromatic heterocycles. The highest BCUT2D eigenvalue weighted by Crippen LogP contribution is 2.30. The van der Waals surface area contributed by atoms with Crippen LogP contribution in [0.1, 0.15) is 36.7 Å². The molecule has 11 heteroatoms. The van der Waals surface area contributed by atoms with Crippen LogP contribution >= 0.6 is 0 Å². The van der Waals surface area contributed by atoms with Crippen molar-refractivity contribution in [3.63, 3.8) is 0 Å². The molecule has 1 saturated heterocycles. The molecule has 0 spiro atoms. The van der Waals surface area contributed by atoms with E-state index in [0.29, 0.717) is 18.7 Å². The lowest BCUT2D eigenvalue weighted by Gasteiger charge is -2.35. The van der Waals surface area contributed by atoms with Crippen LogP contribution in [0.15, 0.2) is 30.5 Å². The summed E-state index contributed by atoms with van der Waals surface area (Å²) in [7, 11) is 0. The van der Waals surface area contributed by atoms with Crippen LogP contribution < -0.4 is 11.1 Å². The van der Waals surface area contributed by atoms with E-state index in [1.807, 2.05) is 0 Å². The topological polar surface area (TPSA) is 150 Å². The molecule has 2 amide bonds. The Hall–Kier alpha value is -4.12. The minimum absolute atomic E-state index is 0.0650. The number of amides is 2. The number of halogens is 1. The first-order chi connectivity index (χ1) is 15.6. The zero-order chi connectivity index (χ0) is 24.2. The number of likely N-dealkylation sites (tertiary alicyclic amines) is 1. The van der Waals surface area contributed by atoms with E-state index in [4.69, 9.17) is 15.7 Å². The van der Waals surface area contributed by atoms with Gasteiger partial charge in [-0.15, -0.1) is 0 Å². The van der Waals surface area contributed by atoms with Gasteiger partial charge in [0, 0.05) is 25.0 Å². The Balaban J connectivity index is 1.82. The van der Waals surface area contributed by atoms with Crippen molar-refractivity contribution in [2.75, 3.05) is 25.0 Å². The van der Waals surface area contributed by atoms with Gasteiger partial charge in [0.2, 0.25) is 0 Å². The van der Waals surface area contributed by atoms with Gasteiger partial charge in [-0.3, -0.25) is 9.48 Å². The largest absolute Gasteiger partial charge is 0.448 e. The summed E-state index contributed by atoms with van der Waals surface area (Å²) in [6.45, 7) is 3.70. The summed E-state index contributed by atoms with van der Waals surface area (Å²) in [5.74, 6) is -1.46. The molecular weight excluding hydrogens is 429 g/mol. The first-order valence-corrected chi connectivity index (χ1v) is 10.3. The molecule has 3 N–H and O–H groups in total. The first-order valence-electron chi connectivity index (χ1n) is 10.3. The van der Waals surface area contributed by atoms with Crippen molar-refractivity contribution in [1.82, 2.24) is 14.7 Å². The Morgan fingerprint density at radius 3 is 2.64 bits per heavy atom. The third-order valence-electron chi connectivity index (χ3n) is 5.31. The van der Waals surface area contributed by atoms with Gasteiger partial charge >= 0.3 is 6.09 Å². The summed E-state index contributed by atoms with van der Waals surface area (Å²) in [5, 5.41) is 26.1. The Morgan fingerprint density at radius 2 is 2.03 bits per heavy atom. The molecule has 0 aliphatic carbocycles. The second-order valence-corrected chi connectivity index (χ2v) is 8.46. The number of nitrogens with one attached hydrogen (secondary N) is 1. The number of nitrogens with zero attached hydrogens (tertiary/aromatic N) is 5. The highest BCUT2D eigenvalue weighted by Gasteiger charge is 2.35. The van der Waals surface area contributed by atoms with Crippen molar-refractivity contribution in [2.24, 2.45) is 17.1 Å². The summed E-state index contributed by atoms with van der Waals surface area (Å²) in [5.41, 5.74) is 5.27. The van der Waals surface area contributed by atoms with Gasteiger partial charge in [-0.2, -0.15) is 15.6 Å². The van der Waals surface area contributed by atoms with Gasteiger partial charge in [0.05, 0.1) is 29.5 Å².